The highest BCUT2D eigenvalue weighted by molar-refractivity contribution is 6.35. The van der Waals surface area contributed by atoms with E-state index in [-0.39, 0.29) is 17.6 Å². The number of aromatic hydroxyl groups is 1. The molecule has 1 saturated carbocycles. The van der Waals surface area contributed by atoms with Gasteiger partial charge in [-0.1, -0.05) is 61.5 Å². The normalized spacial score (nSPS) is 23.4. The average Bonchev–Trinajstić information content (AvgIpc) is 2.80. The van der Waals surface area contributed by atoms with Crippen LogP contribution in [0.25, 0.3) is 0 Å². The van der Waals surface area contributed by atoms with Gasteiger partial charge in [0.2, 0.25) is 5.91 Å². The molecule has 1 fully saturated rings. The fraction of sp³-hybridized carbons (Fsp3) is 0.409. The molecule has 0 aromatic heterocycles. The van der Waals surface area contributed by atoms with Gasteiger partial charge in [-0.05, 0) is 54.5 Å². The molecule has 2 aromatic carbocycles. The maximum Gasteiger partial charge on any atom is 0.239 e. The Hall–Kier alpha value is -2.00. The molecule has 2 aliphatic rings. The molecule has 4 heteroatoms. The molecular weight excluding hydrogens is 346 g/mol. The van der Waals surface area contributed by atoms with Gasteiger partial charge in [0.25, 0.3) is 0 Å². The van der Waals surface area contributed by atoms with Crippen LogP contribution in [0, 0.1) is 12.8 Å². The monoisotopic (exact) mass is 369 g/mol. The summed E-state index contributed by atoms with van der Waals surface area (Å²) in [5.74, 6) is 0.456. The lowest BCUT2D eigenvalue weighted by Crippen LogP contribution is -2.43. The highest BCUT2D eigenvalue weighted by Gasteiger charge is 2.53. The smallest absolute Gasteiger partial charge is 0.239 e. The van der Waals surface area contributed by atoms with Crippen LogP contribution in [0.2, 0.25) is 5.02 Å². The molecule has 26 heavy (non-hydrogen) atoms. The van der Waals surface area contributed by atoms with Gasteiger partial charge in [-0.15, -0.1) is 0 Å². The van der Waals surface area contributed by atoms with Crippen LogP contribution in [0.1, 0.15) is 55.2 Å². The van der Waals surface area contributed by atoms with Crippen LogP contribution >= 0.6 is 11.6 Å². The van der Waals surface area contributed by atoms with E-state index in [2.05, 4.69) is 11.4 Å². The van der Waals surface area contributed by atoms with Gasteiger partial charge < -0.3 is 10.4 Å². The number of rotatable bonds is 2. The average molecular weight is 370 g/mol. The molecular formula is C22H24ClNO2. The van der Waals surface area contributed by atoms with Crippen LogP contribution in [0.15, 0.2) is 36.4 Å². The summed E-state index contributed by atoms with van der Waals surface area (Å²) < 4.78 is 0. The van der Waals surface area contributed by atoms with Crippen molar-refractivity contribution in [2.75, 3.05) is 5.32 Å². The van der Waals surface area contributed by atoms with Crippen LogP contribution < -0.4 is 5.32 Å². The SMILES string of the molecule is Cc1ccc2c(c1Cl)NC(=O)C2(c1ccc(O)cc1)C1CCCCCC1. The molecule has 4 rings (SSSR count). The Morgan fingerprint density at radius 2 is 1.69 bits per heavy atom. The maximum absolute atomic E-state index is 13.5. The van der Waals surface area contributed by atoms with Gasteiger partial charge in [0.05, 0.1) is 10.7 Å². The Labute approximate surface area is 159 Å². The number of phenols is 1. The lowest BCUT2D eigenvalue weighted by Gasteiger charge is -2.36. The first-order valence-electron chi connectivity index (χ1n) is 9.45. The molecule has 1 unspecified atom stereocenters. The largest absolute Gasteiger partial charge is 0.508 e. The number of carbonyl (C=O) groups is 1. The molecule has 0 bridgehead atoms. The van der Waals surface area contributed by atoms with Gasteiger partial charge in [0, 0.05) is 0 Å². The Morgan fingerprint density at radius 3 is 2.35 bits per heavy atom. The molecule has 3 nitrogen and oxygen atoms in total. The number of nitrogens with one attached hydrogen (secondary N) is 1. The molecule has 1 aliphatic heterocycles. The predicted octanol–water partition coefficient (Wildman–Crippen LogP) is 5.56. The Bertz CT molecular complexity index is 838. The van der Waals surface area contributed by atoms with E-state index in [0.717, 1.165) is 48.1 Å². The van der Waals surface area contributed by atoms with Crippen molar-refractivity contribution < 1.29 is 9.90 Å². The van der Waals surface area contributed by atoms with Gasteiger partial charge in [0.1, 0.15) is 11.2 Å². The third-order valence-electron chi connectivity index (χ3n) is 6.15. The number of carbonyl (C=O) groups excluding carboxylic acids is 1. The first kappa shape index (κ1) is 17.4. The Kier molecular flexibility index (Phi) is 4.44. The molecule has 0 saturated heterocycles. The summed E-state index contributed by atoms with van der Waals surface area (Å²) in [6, 6.07) is 11.2. The van der Waals surface area contributed by atoms with Crippen molar-refractivity contribution in [3.63, 3.8) is 0 Å². The lowest BCUT2D eigenvalue weighted by atomic mass is 9.64. The molecule has 136 valence electrons. The van der Waals surface area contributed by atoms with E-state index in [1.165, 1.54) is 12.8 Å². The number of aryl methyl sites for hydroxylation is 1. The van der Waals surface area contributed by atoms with Crippen molar-refractivity contribution in [1.82, 2.24) is 0 Å². The molecule has 1 aliphatic carbocycles. The second kappa shape index (κ2) is 6.62. The number of hydrogen-bond acceptors (Lipinski definition) is 2. The van der Waals surface area contributed by atoms with E-state index >= 15 is 0 Å². The Morgan fingerprint density at radius 1 is 1.04 bits per heavy atom. The Balaban J connectivity index is 1.97. The molecule has 2 N–H and O–H groups in total. The minimum Gasteiger partial charge on any atom is -0.508 e. The second-order valence-corrected chi connectivity index (χ2v) is 7.99. The molecule has 0 radical (unpaired) electrons. The first-order valence-corrected chi connectivity index (χ1v) is 9.83. The van der Waals surface area contributed by atoms with Crippen molar-refractivity contribution in [2.24, 2.45) is 5.92 Å². The van der Waals surface area contributed by atoms with Crippen molar-refractivity contribution in [2.45, 2.75) is 50.9 Å². The van der Waals surface area contributed by atoms with Crippen LogP contribution in [0.3, 0.4) is 0 Å². The fourth-order valence-electron chi connectivity index (χ4n) is 4.83. The van der Waals surface area contributed by atoms with E-state index in [1.54, 1.807) is 12.1 Å². The first-order chi connectivity index (χ1) is 12.5. The third-order valence-corrected chi connectivity index (χ3v) is 6.63. The number of halogens is 1. The van der Waals surface area contributed by atoms with E-state index in [4.69, 9.17) is 11.6 Å². The van der Waals surface area contributed by atoms with Crippen molar-refractivity contribution >= 4 is 23.2 Å². The number of anilines is 1. The minimum atomic E-state index is -0.731. The summed E-state index contributed by atoms with van der Waals surface area (Å²) in [5, 5.41) is 13.5. The standard InChI is InChI=1S/C22H24ClNO2/c1-14-8-13-18-20(19(14)23)24-21(26)22(18,15-6-4-2-3-5-7-15)16-9-11-17(25)12-10-16/h8-13,15,25H,2-7H2,1H3,(H,24,26). The topological polar surface area (TPSA) is 49.3 Å². The van der Waals surface area contributed by atoms with E-state index < -0.39 is 5.41 Å². The summed E-state index contributed by atoms with van der Waals surface area (Å²) in [7, 11) is 0. The second-order valence-electron chi connectivity index (χ2n) is 7.62. The lowest BCUT2D eigenvalue weighted by molar-refractivity contribution is -0.121. The van der Waals surface area contributed by atoms with E-state index in [0.29, 0.717) is 5.02 Å². The van der Waals surface area contributed by atoms with Crippen LogP contribution in [0.4, 0.5) is 5.69 Å². The van der Waals surface area contributed by atoms with Crippen molar-refractivity contribution in [3.8, 4) is 5.75 Å². The van der Waals surface area contributed by atoms with Crippen molar-refractivity contribution in [3.05, 3.63) is 58.1 Å². The third kappa shape index (κ3) is 2.52. The summed E-state index contributed by atoms with van der Waals surface area (Å²) in [5.41, 5.74) is 2.92. The zero-order valence-corrected chi connectivity index (χ0v) is 15.8. The van der Waals surface area contributed by atoms with Gasteiger partial charge >= 0.3 is 0 Å². The molecule has 1 atom stereocenters. The molecule has 0 spiro atoms. The van der Waals surface area contributed by atoms with Crippen molar-refractivity contribution in [1.29, 1.82) is 0 Å². The summed E-state index contributed by atoms with van der Waals surface area (Å²) >= 11 is 6.56. The van der Waals surface area contributed by atoms with Gasteiger partial charge in [-0.25, -0.2) is 0 Å². The maximum atomic E-state index is 13.5. The van der Waals surface area contributed by atoms with Crippen LogP contribution in [-0.4, -0.2) is 11.0 Å². The van der Waals surface area contributed by atoms with E-state index in [9.17, 15) is 9.90 Å². The van der Waals surface area contributed by atoms with Crippen LogP contribution in [-0.2, 0) is 10.2 Å². The summed E-state index contributed by atoms with van der Waals surface area (Å²) in [6.45, 7) is 1.96. The zero-order chi connectivity index (χ0) is 18.3. The highest BCUT2D eigenvalue weighted by atomic mass is 35.5. The summed E-state index contributed by atoms with van der Waals surface area (Å²) in [4.78, 5) is 13.5. The minimum absolute atomic E-state index is 0.0117. The molecule has 1 amide bonds. The summed E-state index contributed by atoms with van der Waals surface area (Å²) in [6.07, 6.45) is 6.80. The zero-order valence-electron chi connectivity index (χ0n) is 15.0. The molecule has 1 heterocycles. The number of amides is 1. The van der Waals surface area contributed by atoms with Gasteiger partial charge in [-0.2, -0.15) is 0 Å². The van der Waals surface area contributed by atoms with Crippen LogP contribution in [0.5, 0.6) is 5.75 Å². The van der Waals surface area contributed by atoms with E-state index in [1.807, 2.05) is 25.1 Å². The predicted molar refractivity (Wildman–Crippen MR) is 105 cm³/mol. The number of fused-ring (bicyclic) bond motifs is 1. The fourth-order valence-corrected chi connectivity index (χ4v) is 5.04. The number of benzene rings is 2. The highest BCUT2D eigenvalue weighted by Crippen LogP contribution is 2.53. The quantitative estimate of drug-likeness (QED) is 0.680. The number of hydrogen-bond donors (Lipinski definition) is 2. The van der Waals surface area contributed by atoms with Gasteiger partial charge in [0.15, 0.2) is 0 Å². The van der Waals surface area contributed by atoms with Gasteiger partial charge in [-0.3, -0.25) is 4.79 Å². The molecule has 2 aromatic rings. The number of phenolic OH excluding ortho intramolecular Hbond substituents is 1.